The van der Waals surface area contributed by atoms with Crippen molar-refractivity contribution in [3.8, 4) is 0 Å². The van der Waals surface area contributed by atoms with Gasteiger partial charge in [0.25, 0.3) is 23.6 Å². The Labute approximate surface area is 152 Å². The molecule has 0 aromatic carbocycles. The SMILES string of the molecule is O=C1C=CC(=O)N1C(F)(F)C(F)(F)C(F)(F)C(F)(F)C(F)(F)N1C(=O)C=CC1=O. The van der Waals surface area contributed by atoms with E-state index >= 15 is 0 Å². The first kappa shape index (κ1) is 22.4. The lowest BCUT2D eigenvalue weighted by atomic mass is 9.99. The third kappa shape index (κ3) is 2.64. The molecule has 0 atom stereocenters. The van der Waals surface area contributed by atoms with Gasteiger partial charge in [-0.15, -0.1) is 0 Å². The fraction of sp³-hybridized carbons (Fsp3) is 0.385. The molecule has 0 fully saturated rings. The second-order valence-corrected chi connectivity index (χ2v) is 5.50. The van der Waals surface area contributed by atoms with Crippen LogP contribution in [0.4, 0.5) is 43.9 Å². The highest BCUT2D eigenvalue weighted by Crippen LogP contribution is 2.58. The monoisotopic (exact) mass is 442 g/mol. The first-order chi connectivity index (χ1) is 12.9. The van der Waals surface area contributed by atoms with E-state index in [9.17, 15) is 63.1 Å². The normalized spacial score (nSPS) is 19.2. The maximum atomic E-state index is 13.8. The molecular weight excluding hydrogens is 438 g/mol. The van der Waals surface area contributed by atoms with Crippen LogP contribution in [0.1, 0.15) is 0 Å². The molecule has 0 N–H and O–H groups in total. The van der Waals surface area contributed by atoms with Gasteiger partial charge in [-0.3, -0.25) is 19.2 Å². The standard InChI is InChI=1S/C13H4F10N2O4/c14-9(15,10(16,17)12(20,21)24-5(26)1-2-6(24)27)11(18,19)13(22,23)25-7(28)3-4-8(25)29/h1-4H. The number of halogens is 10. The van der Waals surface area contributed by atoms with Gasteiger partial charge in [-0.2, -0.15) is 43.9 Å². The molecule has 0 aromatic heterocycles. The van der Waals surface area contributed by atoms with Crippen LogP contribution in [-0.2, 0) is 19.2 Å². The molecule has 6 nitrogen and oxygen atoms in total. The van der Waals surface area contributed by atoms with Gasteiger partial charge in [0.15, 0.2) is 0 Å². The Hall–Kier alpha value is -2.94. The van der Waals surface area contributed by atoms with Gasteiger partial charge in [-0.1, -0.05) is 0 Å². The number of rotatable bonds is 6. The highest BCUT2D eigenvalue weighted by molar-refractivity contribution is 6.14. The molecule has 2 aliphatic rings. The van der Waals surface area contributed by atoms with Crippen LogP contribution in [0.3, 0.4) is 0 Å². The molecule has 0 aromatic rings. The Morgan fingerprint density at radius 1 is 0.448 bits per heavy atom. The van der Waals surface area contributed by atoms with Crippen molar-refractivity contribution >= 4 is 23.6 Å². The van der Waals surface area contributed by atoms with Crippen molar-refractivity contribution < 1.29 is 63.1 Å². The van der Waals surface area contributed by atoms with Gasteiger partial charge in [0.2, 0.25) is 0 Å². The van der Waals surface area contributed by atoms with Crippen molar-refractivity contribution in [2.24, 2.45) is 0 Å². The number of imide groups is 2. The zero-order chi connectivity index (χ0) is 22.8. The highest BCUT2D eigenvalue weighted by Gasteiger charge is 2.89. The average Bonchev–Trinajstić information content (AvgIpc) is 3.08. The van der Waals surface area contributed by atoms with Crippen molar-refractivity contribution in [2.45, 2.75) is 29.9 Å². The van der Waals surface area contributed by atoms with Crippen LogP contribution in [0.5, 0.6) is 0 Å². The van der Waals surface area contributed by atoms with Crippen molar-refractivity contribution in [3.63, 3.8) is 0 Å². The van der Waals surface area contributed by atoms with Gasteiger partial charge in [-0.25, -0.2) is 9.80 Å². The summed E-state index contributed by atoms with van der Waals surface area (Å²) in [6, 6.07) is -13.4. The number of carbonyl (C=O) groups is 4. The quantitative estimate of drug-likeness (QED) is 0.358. The van der Waals surface area contributed by atoms with Crippen LogP contribution < -0.4 is 0 Å². The van der Waals surface area contributed by atoms with E-state index in [4.69, 9.17) is 0 Å². The minimum Gasteiger partial charge on any atom is -0.269 e. The lowest BCUT2D eigenvalue weighted by Gasteiger charge is -2.42. The summed E-state index contributed by atoms with van der Waals surface area (Å²) in [7, 11) is 0. The van der Waals surface area contributed by atoms with Gasteiger partial charge in [0.1, 0.15) is 0 Å². The number of nitrogens with zero attached hydrogens (tertiary/aromatic N) is 2. The maximum Gasteiger partial charge on any atom is 0.404 e. The first-order valence-electron chi connectivity index (χ1n) is 6.87. The topological polar surface area (TPSA) is 74.8 Å². The summed E-state index contributed by atoms with van der Waals surface area (Å²) in [5, 5.41) is 0. The van der Waals surface area contributed by atoms with E-state index in [1.54, 1.807) is 0 Å². The van der Waals surface area contributed by atoms with E-state index in [1.807, 2.05) is 0 Å². The number of hydrogen-bond acceptors (Lipinski definition) is 4. The van der Waals surface area contributed by atoms with E-state index in [0.717, 1.165) is 0 Å². The Kier molecular flexibility index (Phi) is 4.65. The summed E-state index contributed by atoms with van der Waals surface area (Å²) < 4.78 is 138. The summed E-state index contributed by atoms with van der Waals surface area (Å²) in [4.78, 5) is 40.6. The van der Waals surface area contributed by atoms with Crippen molar-refractivity contribution in [2.75, 3.05) is 0 Å². The fourth-order valence-electron chi connectivity index (χ4n) is 2.21. The fourth-order valence-corrected chi connectivity index (χ4v) is 2.21. The van der Waals surface area contributed by atoms with E-state index in [2.05, 4.69) is 0 Å². The molecular formula is C13H4F10N2O4. The van der Waals surface area contributed by atoms with Crippen LogP contribution in [-0.4, -0.2) is 63.3 Å². The number of alkyl halides is 10. The smallest absolute Gasteiger partial charge is 0.269 e. The van der Waals surface area contributed by atoms with Gasteiger partial charge in [0, 0.05) is 24.3 Å². The van der Waals surface area contributed by atoms with Crippen LogP contribution in [0.25, 0.3) is 0 Å². The van der Waals surface area contributed by atoms with E-state index in [0.29, 0.717) is 0 Å². The second-order valence-electron chi connectivity index (χ2n) is 5.50. The zero-order valence-corrected chi connectivity index (χ0v) is 13.1. The third-order valence-corrected chi connectivity index (χ3v) is 3.72. The Morgan fingerprint density at radius 2 is 0.655 bits per heavy atom. The molecule has 0 aliphatic carbocycles. The molecule has 0 spiro atoms. The molecule has 2 heterocycles. The number of carbonyl (C=O) groups excluding carboxylic acids is 4. The number of hydrogen-bond donors (Lipinski definition) is 0. The predicted molar refractivity (Wildman–Crippen MR) is 66.7 cm³/mol. The third-order valence-electron chi connectivity index (χ3n) is 3.72. The molecule has 160 valence electrons. The minimum atomic E-state index is -7.70. The summed E-state index contributed by atoms with van der Waals surface area (Å²) >= 11 is 0. The predicted octanol–water partition coefficient (Wildman–Crippen LogP) is 1.93. The van der Waals surface area contributed by atoms with E-state index in [-0.39, 0.29) is 24.3 Å². The Morgan fingerprint density at radius 3 is 0.862 bits per heavy atom. The molecule has 0 saturated heterocycles. The van der Waals surface area contributed by atoms with Crippen LogP contribution in [0.15, 0.2) is 24.3 Å². The van der Waals surface area contributed by atoms with Crippen molar-refractivity contribution in [1.82, 2.24) is 9.80 Å². The molecule has 29 heavy (non-hydrogen) atoms. The Balaban J connectivity index is 2.56. The van der Waals surface area contributed by atoms with Gasteiger partial charge in [-0.05, 0) is 0 Å². The molecule has 0 unspecified atom stereocenters. The zero-order valence-electron chi connectivity index (χ0n) is 13.1. The number of amides is 4. The van der Waals surface area contributed by atoms with Crippen LogP contribution in [0, 0.1) is 0 Å². The summed E-state index contributed by atoms with van der Waals surface area (Å²) in [5.41, 5.74) is 0. The van der Waals surface area contributed by atoms with Gasteiger partial charge in [0.05, 0.1) is 0 Å². The van der Waals surface area contributed by atoms with Crippen LogP contribution in [0.2, 0.25) is 0 Å². The molecule has 4 amide bonds. The molecule has 0 saturated carbocycles. The molecule has 0 radical (unpaired) electrons. The summed E-state index contributed by atoms with van der Waals surface area (Å²) in [5.74, 6) is -31.9. The Bertz CT molecular complexity index is 760. The lowest BCUT2D eigenvalue weighted by Crippen LogP contribution is -2.73. The van der Waals surface area contributed by atoms with Crippen molar-refractivity contribution in [3.05, 3.63) is 24.3 Å². The summed E-state index contributed by atoms with van der Waals surface area (Å²) in [6.45, 7) is 0. The summed E-state index contributed by atoms with van der Waals surface area (Å²) in [6.07, 6.45) is -0.371. The molecule has 0 bridgehead atoms. The van der Waals surface area contributed by atoms with Gasteiger partial charge >= 0.3 is 29.9 Å². The van der Waals surface area contributed by atoms with E-state index in [1.165, 1.54) is 0 Å². The van der Waals surface area contributed by atoms with Crippen molar-refractivity contribution in [1.29, 1.82) is 0 Å². The molecule has 2 aliphatic heterocycles. The largest absolute Gasteiger partial charge is 0.404 e. The molecule has 16 heteroatoms. The average molecular weight is 442 g/mol. The van der Waals surface area contributed by atoms with Crippen LogP contribution >= 0.6 is 0 Å². The first-order valence-corrected chi connectivity index (χ1v) is 6.87. The van der Waals surface area contributed by atoms with E-state index < -0.39 is 63.3 Å². The highest BCUT2D eigenvalue weighted by atomic mass is 19.4. The second kappa shape index (κ2) is 6.03. The maximum absolute atomic E-state index is 13.8. The van der Waals surface area contributed by atoms with Gasteiger partial charge < -0.3 is 0 Å². The lowest BCUT2D eigenvalue weighted by molar-refractivity contribution is -0.425. The molecule has 2 rings (SSSR count). The minimum absolute atomic E-state index is 0.0928.